The zero-order chi connectivity index (χ0) is 11.9. The average Bonchev–Trinajstić information content (AvgIpc) is 2.88. The van der Waals surface area contributed by atoms with Crippen molar-refractivity contribution in [2.24, 2.45) is 0 Å². The van der Waals surface area contributed by atoms with Crippen LogP contribution in [0.1, 0.15) is 43.4 Å². The predicted molar refractivity (Wildman–Crippen MR) is 71.5 cm³/mol. The molecule has 1 aliphatic heterocycles. The van der Waals surface area contributed by atoms with Crippen molar-refractivity contribution in [1.82, 2.24) is 0 Å². The molecule has 1 fully saturated rings. The van der Waals surface area contributed by atoms with Crippen molar-refractivity contribution in [3.8, 4) is 0 Å². The van der Waals surface area contributed by atoms with E-state index >= 15 is 0 Å². The Balaban J connectivity index is 1.58. The monoisotopic (exact) mass is 254 g/mol. The van der Waals surface area contributed by atoms with Crippen LogP contribution in [0.15, 0.2) is 17.5 Å². The first kappa shape index (κ1) is 13.1. The molecule has 96 valence electrons. The Bertz CT molecular complexity index is 291. The second kappa shape index (κ2) is 7.14. The summed E-state index contributed by atoms with van der Waals surface area (Å²) in [6, 6.07) is 4.21. The molecular weight excluding hydrogens is 232 g/mol. The lowest BCUT2D eigenvalue weighted by Gasteiger charge is -2.23. The Hall–Kier alpha value is -0.380. The highest BCUT2D eigenvalue weighted by atomic mass is 32.1. The maximum Gasteiger partial charge on any atom is 0.0576 e. The lowest BCUT2D eigenvalue weighted by atomic mass is 10.0. The maximum absolute atomic E-state index is 9.93. The number of hydrogen-bond acceptors (Lipinski definition) is 3. The van der Waals surface area contributed by atoms with Gasteiger partial charge in [-0.2, -0.15) is 0 Å². The third-order valence-corrected chi connectivity index (χ3v) is 4.34. The fourth-order valence-corrected chi connectivity index (χ4v) is 3.05. The molecule has 0 amide bonds. The van der Waals surface area contributed by atoms with E-state index in [9.17, 15) is 5.11 Å². The van der Waals surface area contributed by atoms with Crippen molar-refractivity contribution in [2.75, 3.05) is 6.61 Å². The number of thiophene rings is 1. The second-order valence-electron chi connectivity index (χ2n) is 4.84. The normalized spacial score (nSPS) is 22.5. The van der Waals surface area contributed by atoms with Crippen LogP contribution in [0.3, 0.4) is 0 Å². The Labute approximate surface area is 108 Å². The Kier molecular flexibility index (Phi) is 5.49. The molecule has 0 aliphatic carbocycles. The summed E-state index contributed by atoms with van der Waals surface area (Å²) < 4.78 is 5.67. The molecule has 2 atom stereocenters. The summed E-state index contributed by atoms with van der Waals surface area (Å²) in [5.74, 6) is 0. The maximum atomic E-state index is 9.93. The first-order valence-corrected chi connectivity index (χ1v) is 7.54. The van der Waals surface area contributed by atoms with Gasteiger partial charge in [-0.3, -0.25) is 0 Å². The minimum Gasteiger partial charge on any atom is -0.393 e. The zero-order valence-corrected chi connectivity index (χ0v) is 11.1. The molecular formula is C14H22O2S. The van der Waals surface area contributed by atoms with Crippen LogP contribution in [0.4, 0.5) is 0 Å². The van der Waals surface area contributed by atoms with Gasteiger partial charge in [-0.25, -0.2) is 0 Å². The van der Waals surface area contributed by atoms with E-state index in [1.807, 2.05) is 0 Å². The third-order valence-electron chi connectivity index (χ3n) is 3.40. The topological polar surface area (TPSA) is 29.5 Å². The van der Waals surface area contributed by atoms with Crippen LogP contribution in [0, 0.1) is 0 Å². The molecule has 0 bridgehead atoms. The number of aryl methyl sites for hydroxylation is 1. The van der Waals surface area contributed by atoms with Crippen LogP contribution in [0.5, 0.6) is 0 Å². The van der Waals surface area contributed by atoms with Gasteiger partial charge in [0.15, 0.2) is 0 Å². The SMILES string of the molecule is OC(CCc1cccs1)CCC1CCCCO1. The number of ether oxygens (including phenoxy) is 1. The van der Waals surface area contributed by atoms with Crippen LogP contribution >= 0.6 is 11.3 Å². The van der Waals surface area contributed by atoms with E-state index in [1.54, 1.807) is 11.3 Å². The third kappa shape index (κ3) is 4.78. The summed E-state index contributed by atoms with van der Waals surface area (Å²) in [7, 11) is 0. The van der Waals surface area contributed by atoms with Gasteiger partial charge in [-0.05, 0) is 56.4 Å². The van der Waals surface area contributed by atoms with Crippen molar-refractivity contribution in [3.63, 3.8) is 0 Å². The molecule has 0 saturated carbocycles. The van der Waals surface area contributed by atoms with Gasteiger partial charge in [-0.1, -0.05) is 6.07 Å². The first-order chi connectivity index (χ1) is 8.34. The lowest BCUT2D eigenvalue weighted by Crippen LogP contribution is -2.21. The van der Waals surface area contributed by atoms with Gasteiger partial charge in [0, 0.05) is 11.5 Å². The van der Waals surface area contributed by atoms with E-state index in [-0.39, 0.29) is 6.10 Å². The van der Waals surface area contributed by atoms with E-state index in [1.165, 1.54) is 24.1 Å². The van der Waals surface area contributed by atoms with Crippen molar-refractivity contribution in [1.29, 1.82) is 0 Å². The fraction of sp³-hybridized carbons (Fsp3) is 0.714. The van der Waals surface area contributed by atoms with Gasteiger partial charge >= 0.3 is 0 Å². The smallest absolute Gasteiger partial charge is 0.0576 e. The predicted octanol–water partition coefficient (Wildman–Crippen LogP) is 3.39. The molecule has 17 heavy (non-hydrogen) atoms. The Morgan fingerprint density at radius 2 is 2.35 bits per heavy atom. The first-order valence-electron chi connectivity index (χ1n) is 6.66. The van der Waals surface area contributed by atoms with E-state index < -0.39 is 0 Å². The molecule has 0 radical (unpaired) electrons. The molecule has 1 aromatic heterocycles. The molecule has 1 aliphatic rings. The molecule has 2 unspecified atom stereocenters. The lowest BCUT2D eigenvalue weighted by molar-refractivity contribution is 0.00179. The van der Waals surface area contributed by atoms with E-state index in [0.29, 0.717) is 6.10 Å². The molecule has 1 aromatic rings. The van der Waals surface area contributed by atoms with E-state index in [4.69, 9.17) is 4.74 Å². The summed E-state index contributed by atoms with van der Waals surface area (Å²) in [5, 5.41) is 12.0. The minimum absolute atomic E-state index is 0.164. The van der Waals surface area contributed by atoms with Gasteiger partial charge in [-0.15, -0.1) is 11.3 Å². The summed E-state index contributed by atoms with van der Waals surface area (Å²) in [6.45, 7) is 0.913. The summed E-state index contributed by atoms with van der Waals surface area (Å²) in [6.07, 6.45) is 7.70. The summed E-state index contributed by atoms with van der Waals surface area (Å²) >= 11 is 1.78. The number of aliphatic hydroxyl groups excluding tert-OH is 1. The van der Waals surface area contributed by atoms with Gasteiger partial charge in [0.05, 0.1) is 12.2 Å². The highest BCUT2D eigenvalue weighted by molar-refractivity contribution is 7.09. The van der Waals surface area contributed by atoms with Crippen LogP contribution < -0.4 is 0 Å². The molecule has 2 heterocycles. The Morgan fingerprint density at radius 1 is 1.41 bits per heavy atom. The largest absolute Gasteiger partial charge is 0.393 e. The number of rotatable bonds is 6. The van der Waals surface area contributed by atoms with Gasteiger partial charge in [0.2, 0.25) is 0 Å². The molecule has 0 spiro atoms. The van der Waals surface area contributed by atoms with E-state index in [0.717, 1.165) is 32.3 Å². The molecule has 0 aromatic carbocycles. The molecule has 2 rings (SSSR count). The number of hydrogen-bond donors (Lipinski definition) is 1. The molecule has 3 heteroatoms. The van der Waals surface area contributed by atoms with Crippen LogP contribution in [-0.2, 0) is 11.2 Å². The van der Waals surface area contributed by atoms with Crippen LogP contribution in [0.25, 0.3) is 0 Å². The second-order valence-corrected chi connectivity index (χ2v) is 5.87. The molecule has 1 N–H and O–H groups in total. The standard InChI is InChI=1S/C14H22O2S/c15-12(7-9-14-5-3-11-17-14)6-8-13-4-1-2-10-16-13/h3,5,11-13,15H,1-2,4,6-10H2. The van der Waals surface area contributed by atoms with Crippen LogP contribution in [-0.4, -0.2) is 23.9 Å². The minimum atomic E-state index is -0.164. The highest BCUT2D eigenvalue weighted by Gasteiger charge is 2.15. The molecule has 2 nitrogen and oxygen atoms in total. The van der Waals surface area contributed by atoms with Crippen molar-refractivity contribution in [2.45, 2.75) is 57.2 Å². The Morgan fingerprint density at radius 3 is 3.06 bits per heavy atom. The zero-order valence-electron chi connectivity index (χ0n) is 10.3. The van der Waals surface area contributed by atoms with E-state index in [2.05, 4.69) is 17.5 Å². The molecule has 1 saturated heterocycles. The summed E-state index contributed by atoms with van der Waals surface area (Å²) in [5.41, 5.74) is 0. The van der Waals surface area contributed by atoms with Crippen molar-refractivity contribution < 1.29 is 9.84 Å². The van der Waals surface area contributed by atoms with Crippen molar-refractivity contribution >= 4 is 11.3 Å². The van der Waals surface area contributed by atoms with Crippen molar-refractivity contribution in [3.05, 3.63) is 22.4 Å². The van der Waals surface area contributed by atoms with Crippen LogP contribution in [0.2, 0.25) is 0 Å². The van der Waals surface area contributed by atoms with Gasteiger partial charge < -0.3 is 9.84 Å². The average molecular weight is 254 g/mol. The number of aliphatic hydroxyl groups is 1. The van der Waals surface area contributed by atoms with Gasteiger partial charge in [0.25, 0.3) is 0 Å². The summed E-state index contributed by atoms with van der Waals surface area (Å²) in [4.78, 5) is 1.37. The highest BCUT2D eigenvalue weighted by Crippen LogP contribution is 2.19. The fourth-order valence-electron chi connectivity index (χ4n) is 2.32. The quantitative estimate of drug-likeness (QED) is 0.843. The van der Waals surface area contributed by atoms with Gasteiger partial charge in [0.1, 0.15) is 0 Å².